The lowest BCUT2D eigenvalue weighted by atomic mass is 9.94. The van der Waals surface area contributed by atoms with Crippen molar-refractivity contribution in [3.8, 4) is 5.75 Å². The molecule has 26 heavy (non-hydrogen) atoms. The molecule has 0 fully saturated rings. The zero-order valence-electron chi connectivity index (χ0n) is 15.4. The summed E-state index contributed by atoms with van der Waals surface area (Å²) in [5.74, 6) is -0.127. The molecule has 0 aliphatic carbocycles. The summed E-state index contributed by atoms with van der Waals surface area (Å²) >= 11 is 0. The summed E-state index contributed by atoms with van der Waals surface area (Å²) in [6.45, 7) is 7.99. The number of aromatic nitrogens is 1. The van der Waals surface area contributed by atoms with Gasteiger partial charge in [-0.1, -0.05) is 45.9 Å². The molecular weight excluding hydrogens is 334 g/mol. The molecule has 0 aliphatic rings. The normalized spacial score (nSPS) is 10.8. The molecule has 0 aliphatic heterocycles. The first-order valence-electron chi connectivity index (χ1n) is 8.49. The Hall–Kier alpha value is -2.89. The van der Waals surface area contributed by atoms with Gasteiger partial charge < -0.3 is 14.6 Å². The van der Waals surface area contributed by atoms with Gasteiger partial charge in [0, 0.05) is 6.07 Å². The van der Waals surface area contributed by atoms with E-state index in [1.807, 2.05) is 45.9 Å². The number of benzene rings is 1. The van der Waals surface area contributed by atoms with Crippen LogP contribution < -0.4 is 9.30 Å². The molecule has 0 atom stereocenters. The van der Waals surface area contributed by atoms with Crippen molar-refractivity contribution in [1.29, 1.82) is 0 Å². The second-order valence-electron chi connectivity index (χ2n) is 6.61. The van der Waals surface area contributed by atoms with Crippen molar-refractivity contribution >= 4 is 12.1 Å². The summed E-state index contributed by atoms with van der Waals surface area (Å²) in [6.07, 6.45) is 2.17. The van der Waals surface area contributed by atoms with E-state index < -0.39 is 12.1 Å². The Balaban J connectivity index is 2.13. The molecule has 6 heteroatoms. The SMILES string of the molecule is CC(C)c1cccc(C(C)C)c1OC(=O)OC[n+]1cccc(C(=O)O)c1. The van der Waals surface area contributed by atoms with Crippen molar-refractivity contribution in [2.45, 2.75) is 46.3 Å². The Kier molecular flexibility index (Phi) is 6.33. The Morgan fingerprint density at radius 1 is 1.04 bits per heavy atom. The molecule has 138 valence electrons. The fraction of sp³-hybridized carbons (Fsp3) is 0.350. The topological polar surface area (TPSA) is 76.7 Å². The highest BCUT2D eigenvalue weighted by atomic mass is 16.7. The smallest absolute Gasteiger partial charge is 0.477 e. The van der Waals surface area contributed by atoms with E-state index in [1.165, 1.54) is 16.8 Å². The quantitative estimate of drug-likeness (QED) is 0.478. The second kappa shape index (κ2) is 8.47. The molecule has 1 aromatic carbocycles. The summed E-state index contributed by atoms with van der Waals surface area (Å²) in [6, 6.07) is 8.86. The zero-order valence-corrected chi connectivity index (χ0v) is 15.4. The number of carbonyl (C=O) groups is 2. The van der Waals surface area contributed by atoms with Crippen molar-refractivity contribution in [2.24, 2.45) is 0 Å². The van der Waals surface area contributed by atoms with Crippen LogP contribution in [0.2, 0.25) is 0 Å². The molecule has 6 nitrogen and oxygen atoms in total. The van der Waals surface area contributed by atoms with Gasteiger partial charge in [0.25, 0.3) is 6.73 Å². The van der Waals surface area contributed by atoms with E-state index in [0.717, 1.165) is 11.1 Å². The van der Waals surface area contributed by atoms with Gasteiger partial charge in [0.15, 0.2) is 12.4 Å². The molecule has 1 aromatic heterocycles. The molecule has 0 unspecified atom stereocenters. The molecule has 0 radical (unpaired) electrons. The largest absolute Gasteiger partial charge is 0.518 e. The van der Waals surface area contributed by atoms with E-state index in [4.69, 9.17) is 14.6 Å². The summed E-state index contributed by atoms with van der Waals surface area (Å²) in [4.78, 5) is 23.2. The number of aromatic carboxylic acids is 1. The van der Waals surface area contributed by atoms with Crippen LogP contribution in [0.4, 0.5) is 4.79 Å². The lowest BCUT2D eigenvalue weighted by Crippen LogP contribution is -2.36. The highest BCUT2D eigenvalue weighted by Crippen LogP contribution is 2.34. The Morgan fingerprint density at radius 3 is 2.19 bits per heavy atom. The Bertz CT molecular complexity index is 772. The third-order valence-corrected chi connectivity index (χ3v) is 3.94. The van der Waals surface area contributed by atoms with E-state index >= 15 is 0 Å². The summed E-state index contributed by atoms with van der Waals surface area (Å²) in [5.41, 5.74) is 1.99. The van der Waals surface area contributed by atoms with Gasteiger partial charge in [0.2, 0.25) is 0 Å². The highest BCUT2D eigenvalue weighted by Gasteiger charge is 2.19. The molecule has 0 saturated heterocycles. The minimum absolute atomic E-state index is 0.108. The van der Waals surface area contributed by atoms with Crippen LogP contribution in [0.15, 0.2) is 42.7 Å². The lowest BCUT2D eigenvalue weighted by Gasteiger charge is -2.18. The Labute approximate surface area is 153 Å². The van der Waals surface area contributed by atoms with E-state index in [2.05, 4.69) is 0 Å². The van der Waals surface area contributed by atoms with E-state index in [-0.39, 0.29) is 24.1 Å². The first-order chi connectivity index (χ1) is 12.3. The number of pyridine rings is 1. The standard InChI is InChI=1S/C20H23NO5/c1-13(2)16-8-5-9-17(14(3)4)18(16)26-20(24)25-12-21-10-6-7-15(11-21)19(22)23/h5-11,13-14H,12H2,1-4H3/p+1. The van der Waals surface area contributed by atoms with Crippen molar-refractivity contribution in [1.82, 2.24) is 0 Å². The van der Waals surface area contributed by atoms with Crippen molar-refractivity contribution < 1.29 is 28.7 Å². The van der Waals surface area contributed by atoms with Crippen LogP contribution in [0, 0.1) is 0 Å². The van der Waals surface area contributed by atoms with Crippen molar-refractivity contribution in [3.63, 3.8) is 0 Å². The van der Waals surface area contributed by atoms with Crippen LogP contribution in [-0.2, 0) is 11.5 Å². The predicted octanol–water partition coefficient (Wildman–Crippen LogP) is 4.09. The number of carbonyl (C=O) groups excluding carboxylic acids is 1. The summed E-state index contributed by atoms with van der Waals surface area (Å²) < 4.78 is 12.1. The molecule has 0 saturated carbocycles. The van der Waals surface area contributed by atoms with Crippen LogP contribution in [0.1, 0.15) is 61.0 Å². The van der Waals surface area contributed by atoms with Crippen molar-refractivity contribution in [2.75, 3.05) is 0 Å². The van der Waals surface area contributed by atoms with E-state index in [1.54, 1.807) is 12.3 Å². The third-order valence-electron chi connectivity index (χ3n) is 3.94. The van der Waals surface area contributed by atoms with Crippen LogP contribution in [0.5, 0.6) is 5.75 Å². The molecule has 1 N–H and O–H groups in total. The van der Waals surface area contributed by atoms with Gasteiger partial charge in [-0.15, -0.1) is 0 Å². The number of nitrogens with zero attached hydrogens (tertiary/aromatic N) is 1. The summed E-state index contributed by atoms with van der Waals surface area (Å²) in [7, 11) is 0. The number of hydrogen-bond acceptors (Lipinski definition) is 4. The maximum absolute atomic E-state index is 12.2. The monoisotopic (exact) mass is 358 g/mol. The first kappa shape index (κ1) is 19.4. The van der Waals surface area contributed by atoms with Gasteiger partial charge >= 0.3 is 12.1 Å². The van der Waals surface area contributed by atoms with Gasteiger partial charge in [-0.05, 0) is 29.0 Å². The number of carboxylic acids is 1. The number of para-hydroxylation sites is 1. The van der Waals surface area contributed by atoms with Crippen LogP contribution in [0.25, 0.3) is 0 Å². The van der Waals surface area contributed by atoms with Crippen LogP contribution >= 0.6 is 0 Å². The third kappa shape index (κ3) is 4.81. The number of ether oxygens (including phenoxy) is 2. The maximum Gasteiger partial charge on any atom is 0.518 e. The second-order valence-corrected chi connectivity index (χ2v) is 6.61. The van der Waals surface area contributed by atoms with Crippen LogP contribution in [-0.4, -0.2) is 17.2 Å². The minimum Gasteiger partial charge on any atom is -0.477 e. The van der Waals surface area contributed by atoms with Gasteiger partial charge in [-0.25, -0.2) is 9.59 Å². The predicted molar refractivity (Wildman–Crippen MR) is 95.3 cm³/mol. The molecule has 0 spiro atoms. The average molecular weight is 358 g/mol. The number of hydrogen-bond donors (Lipinski definition) is 1. The fourth-order valence-electron chi connectivity index (χ4n) is 2.57. The average Bonchev–Trinajstić information content (AvgIpc) is 2.60. The van der Waals surface area contributed by atoms with Gasteiger partial charge in [0.05, 0.1) is 0 Å². The van der Waals surface area contributed by atoms with Crippen molar-refractivity contribution in [3.05, 3.63) is 59.4 Å². The fourth-order valence-corrected chi connectivity index (χ4v) is 2.57. The molecule has 0 bridgehead atoms. The zero-order chi connectivity index (χ0) is 19.3. The Morgan fingerprint density at radius 2 is 1.65 bits per heavy atom. The maximum atomic E-state index is 12.2. The number of rotatable bonds is 6. The molecule has 2 rings (SSSR count). The minimum atomic E-state index is -1.05. The highest BCUT2D eigenvalue weighted by molar-refractivity contribution is 5.86. The van der Waals surface area contributed by atoms with Gasteiger partial charge in [0.1, 0.15) is 11.3 Å². The molecule has 0 amide bonds. The lowest BCUT2D eigenvalue weighted by molar-refractivity contribution is -0.727. The first-order valence-corrected chi connectivity index (χ1v) is 8.49. The summed E-state index contributed by atoms with van der Waals surface area (Å²) in [5, 5.41) is 9.00. The van der Waals surface area contributed by atoms with Crippen LogP contribution in [0.3, 0.4) is 0 Å². The van der Waals surface area contributed by atoms with E-state index in [9.17, 15) is 9.59 Å². The van der Waals surface area contributed by atoms with E-state index in [0.29, 0.717) is 5.75 Å². The molecule has 2 aromatic rings. The molecule has 1 heterocycles. The van der Waals surface area contributed by atoms with Gasteiger partial charge in [-0.2, -0.15) is 4.57 Å². The van der Waals surface area contributed by atoms with Gasteiger partial charge in [-0.3, -0.25) is 0 Å². The molecular formula is C20H24NO5+. The number of carboxylic acid groups (broad SMARTS) is 1.